The molecule has 1 atom stereocenters. The lowest BCUT2D eigenvalue weighted by atomic mass is 9.77. The van der Waals surface area contributed by atoms with Crippen LogP contribution in [0.3, 0.4) is 0 Å². The molecule has 1 saturated carbocycles. The molecule has 1 saturated heterocycles. The maximum absolute atomic E-state index is 11.6. The molecular formula is C16H29NO3. The van der Waals surface area contributed by atoms with Crippen molar-refractivity contribution in [2.75, 3.05) is 6.61 Å². The molecule has 4 heteroatoms. The van der Waals surface area contributed by atoms with Crippen LogP contribution in [0, 0.1) is 0 Å². The van der Waals surface area contributed by atoms with Crippen molar-refractivity contribution in [1.29, 1.82) is 0 Å². The van der Waals surface area contributed by atoms with Gasteiger partial charge in [-0.25, -0.2) is 0 Å². The lowest BCUT2D eigenvalue weighted by Gasteiger charge is -2.45. The van der Waals surface area contributed by atoms with Crippen molar-refractivity contribution in [3.05, 3.63) is 0 Å². The molecule has 0 amide bonds. The molecule has 4 nitrogen and oxygen atoms in total. The second-order valence-corrected chi connectivity index (χ2v) is 6.52. The van der Waals surface area contributed by atoms with E-state index in [4.69, 9.17) is 4.74 Å². The van der Waals surface area contributed by atoms with Gasteiger partial charge in [0.15, 0.2) is 0 Å². The van der Waals surface area contributed by atoms with Crippen LogP contribution in [-0.2, 0) is 9.53 Å². The average Bonchev–Trinajstić information content (AvgIpc) is 2.45. The molecular weight excluding hydrogens is 254 g/mol. The summed E-state index contributed by atoms with van der Waals surface area (Å²) in [6, 6.07) is 0.276. The number of nitrogens with one attached hydrogen (secondary N) is 1. The van der Waals surface area contributed by atoms with E-state index in [2.05, 4.69) is 5.32 Å². The highest BCUT2D eigenvalue weighted by molar-refractivity contribution is 5.78. The van der Waals surface area contributed by atoms with Gasteiger partial charge in [0, 0.05) is 12.6 Å². The molecule has 1 unspecified atom stereocenters. The van der Waals surface area contributed by atoms with Gasteiger partial charge in [0.2, 0.25) is 0 Å². The summed E-state index contributed by atoms with van der Waals surface area (Å²) in [6.07, 6.45) is 9.25. The Labute approximate surface area is 122 Å². The summed E-state index contributed by atoms with van der Waals surface area (Å²) in [7, 11) is 0. The second kappa shape index (κ2) is 6.44. The zero-order chi connectivity index (χ0) is 14.6. The van der Waals surface area contributed by atoms with Crippen LogP contribution in [0.5, 0.6) is 0 Å². The quantitative estimate of drug-likeness (QED) is 0.814. The fraction of sp³-hybridized carbons (Fsp3) is 0.938. The standard InChI is InChI=1S/C16H29NO3/c1-3-16(4-2,14(18)19)17-13-8-11-20-15(12-13)9-6-5-7-10-15/h13,17H,3-12H2,1-2H3,(H,18,19). The number of carboxylic acid groups (broad SMARTS) is 1. The van der Waals surface area contributed by atoms with E-state index in [9.17, 15) is 9.90 Å². The Morgan fingerprint density at radius 3 is 2.50 bits per heavy atom. The van der Waals surface area contributed by atoms with Crippen molar-refractivity contribution in [2.45, 2.75) is 88.8 Å². The molecule has 1 aliphatic carbocycles. The molecule has 0 bridgehead atoms. The van der Waals surface area contributed by atoms with E-state index < -0.39 is 11.5 Å². The van der Waals surface area contributed by atoms with E-state index in [1.165, 1.54) is 19.3 Å². The molecule has 1 aliphatic heterocycles. The summed E-state index contributed by atoms with van der Waals surface area (Å²) >= 11 is 0. The van der Waals surface area contributed by atoms with Crippen LogP contribution >= 0.6 is 0 Å². The number of carboxylic acids is 1. The Kier molecular flexibility index (Phi) is 5.08. The molecule has 1 spiro atoms. The number of rotatable bonds is 5. The van der Waals surface area contributed by atoms with Gasteiger partial charge in [-0.2, -0.15) is 0 Å². The first-order chi connectivity index (χ1) is 9.56. The normalized spacial score (nSPS) is 26.6. The Bertz CT molecular complexity index is 327. The van der Waals surface area contributed by atoms with Crippen LogP contribution in [0.2, 0.25) is 0 Å². The first-order valence-corrected chi connectivity index (χ1v) is 8.21. The highest BCUT2D eigenvalue weighted by atomic mass is 16.5. The van der Waals surface area contributed by atoms with E-state index in [0.29, 0.717) is 12.8 Å². The van der Waals surface area contributed by atoms with Gasteiger partial charge in [0.1, 0.15) is 5.54 Å². The van der Waals surface area contributed by atoms with E-state index >= 15 is 0 Å². The number of hydrogen-bond acceptors (Lipinski definition) is 3. The fourth-order valence-electron chi connectivity index (χ4n) is 3.90. The third-order valence-corrected chi connectivity index (χ3v) is 5.35. The lowest BCUT2D eigenvalue weighted by Crippen LogP contribution is -2.59. The second-order valence-electron chi connectivity index (χ2n) is 6.52. The molecule has 1 heterocycles. The topological polar surface area (TPSA) is 58.6 Å². The number of carbonyl (C=O) groups is 1. The zero-order valence-electron chi connectivity index (χ0n) is 12.9. The molecule has 0 aromatic heterocycles. The van der Waals surface area contributed by atoms with Gasteiger partial charge >= 0.3 is 5.97 Å². The molecule has 116 valence electrons. The van der Waals surface area contributed by atoms with E-state index in [1.54, 1.807) is 0 Å². The third kappa shape index (κ3) is 3.17. The minimum Gasteiger partial charge on any atom is -0.480 e. The Hall–Kier alpha value is -0.610. The molecule has 0 radical (unpaired) electrons. The van der Waals surface area contributed by atoms with E-state index in [1.807, 2.05) is 13.8 Å². The fourth-order valence-corrected chi connectivity index (χ4v) is 3.90. The first-order valence-electron chi connectivity index (χ1n) is 8.21. The summed E-state index contributed by atoms with van der Waals surface area (Å²) in [5.74, 6) is -0.716. The molecule has 0 aromatic carbocycles. The summed E-state index contributed by atoms with van der Waals surface area (Å²) in [5.41, 5.74) is -0.738. The molecule has 20 heavy (non-hydrogen) atoms. The molecule has 2 rings (SSSR count). The predicted octanol–water partition coefficient (Wildman–Crippen LogP) is 3.10. The minimum absolute atomic E-state index is 0.0277. The van der Waals surface area contributed by atoms with Crippen LogP contribution in [-0.4, -0.2) is 34.9 Å². The first kappa shape index (κ1) is 15.8. The van der Waals surface area contributed by atoms with Crippen molar-refractivity contribution in [2.24, 2.45) is 0 Å². The number of hydrogen-bond donors (Lipinski definition) is 2. The van der Waals surface area contributed by atoms with Crippen molar-refractivity contribution in [1.82, 2.24) is 5.32 Å². The lowest BCUT2D eigenvalue weighted by molar-refractivity contribution is -0.148. The van der Waals surface area contributed by atoms with Crippen LogP contribution in [0.1, 0.15) is 71.6 Å². The van der Waals surface area contributed by atoms with Gasteiger partial charge in [-0.05, 0) is 38.5 Å². The summed E-state index contributed by atoms with van der Waals surface area (Å²) in [6.45, 7) is 4.68. The Morgan fingerprint density at radius 2 is 1.95 bits per heavy atom. The van der Waals surface area contributed by atoms with Gasteiger partial charge in [-0.3, -0.25) is 10.1 Å². The summed E-state index contributed by atoms with van der Waals surface area (Å²) in [4.78, 5) is 11.6. The van der Waals surface area contributed by atoms with Crippen molar-refractivity contribution in [3.8, 4) is 0 Å². The number of ether oxygens (including phenoxy) is 1. The minimum atomic E-state index is -0.766. The number of aliphatic carboxylic acids is 1. The van der Waals surface area contributed by atoms with Gasteiger partial charge in [0.05, 0.1) is 5.60 Å². The van der Waals surface area contributed by atoms with Crippen molar-refractivity contribution in [3.63, 3.8) is 0 Å². The Balaban J connectivity index is 2.03. The van der Waals surface area contributed by atoms with Crippen LogP contribution in [0.15, 0.2) is 0 Å². The SMILES string of the molecule is CCC(CC)(NC1CCOC2(CCCCC2)C1)C(=O)O. The highest BCUT2D eigenvalue weighted by Gasteiger charge is 2.42. The van der Waals surface area contributed by atoms with Crippen molar-refractivity contribution >= 4 is 5.97 Å². The van der Waals surface area contributed by atoms with Crippen LogP contribution in [0.25, 0.3) is 0 Å². The molecule has 2 fully saturated rings. The summed E-state index contributed by atoms with van der Waals surface area (Å²) in [5, 5.41) is 13.0. The molecule has 2 N–H and O–H groups in total. The van der Waals surface area contributed by atoms with E-state index in [-0.39, 0.29) is 11.6 Å². The van der Waals surface area contributed by atoms with E-state index in [0.717, 1.165) is 32.3 Å². The molecule has 0 aromatic rings. The third-order valence-electron chi connectivity index (χ3n) is 5.35. The van der Waals surface area contributed by atoms with Gasteiger partial charge in [-0.15, -0.1) is 0 Å². The largest absolute Gasteiger partial charge is 0.480 e. The highest BCUT2D eigenvalue weighted by Crippen LogP contribution is 2.39. The summed E-state index contributed by atoms with van der Waals surface area (Å²) < 4.78 is 6.09. The monoisotopic (exact) mass is 283 g/mol. The van der Waals surface area contributed by atoms with Gasteiger partial charge in [-0.1, -0.05) is 33.1 Å². The van der Waals surface area contributed by atoms with Gasteiger partial charge in [0.25, 0.3) is 0 Å². The maximum Gasteiger partial charge on any atom is 0.323 e. The van der Waals surface area contributed by atoms with Gasteiger partial charge < -0.3 is 9.84 Å². The van der Waals surface area contributed by atoms with Crippen LogP contribution in [0.4, 0.5) is 0 Å². The Morgan fingerprint density at radius 1 is 1.30 bits per heavy atom. The van der Waals surface area contributed by atoms with Crippen molar-refractivity contribution < 1.29 is 14.6 Å². The zero-order valence-corrected chi connectivity index (χ0v) is 12.9. The maximum atomic E-state index is 11.6. The smallest absolute Gasteiger partial charge is 0.323 e. The molecule has 2 aliphatic rings. The average molecular weight is 283 g/mol. The predicted molar refractivity (Wildman–Crippen MR) is 78.9 cm³/mol. The van der Waals surface area contributed by atoms with Crippen LogP contribution < -0.4 is 5.32 Å².